The molecule has 0 saturated carbocycles. The van der Waals surface area contributed by atoms with Gasteiger partial charge in [0.25, 0.3) is 0 Å². The number of aryl methyl sites for hydroxylation is 3. The lowest BCUT2D eigenvalue weighted by Crippen LogP contribution is -2.40. The minimum absolute atomic E-state index is 0.154. The molecule has 0 amide bonds. The summed E-state index contributed by atoms with van der Waals surface area (Å²) < 4.78 is 45.8. The summed E-state index contributed by atoms with van der Waals surface area (Å²) in [6.45, 7) is 3.66. The fraction of sp³-hybridized carbons (Fsp3) is 0.455. The Kier molecular flexibility index (Phi) is 7.49. The predicted molar refractivity (Wildman–Crippen MR) is 104 cm³/mol. The first-order valence-corrected chi connectivity index (χ1v) is 9.39. The van der Waals surface area contributed by atoms with Crippen LogP contribution in [0.2, 0.25) is 0 Å². The van der Waals surface area contributed by atoms with Crippen LogP contribution < -0.4 is 10.5 Å². The van der Waals surface area contributed by atoms with Crippen molar-refractivity contribution in [3.05, 3.63) is 64.7 Å². The Bertz CT molecular complexity index is 773. The summed E-state index contributed by atoms with van der Waals surface area (Å²) in [7, 11) is 0. The van der Waals surface area contributed by atoms with Crippen molar-refractivity contribution in [2.75, 3.05) is 13.2 Å². The SMILES string of the molecule is Cc1cccc(CCCOc2ccc(CCC(C)(N)CO)cc2C(F)(F)F)c1. The molecule has 0 heterocycles. The van der Waals surface area contributed by atoms with Gasteiger partial charge in [0.15, 0.2) is 0 Å². The molecule has 0 aromatic heterocycles. The molecule has 0 fully saturated rings. The van der Waals surface area contributed by atoms with Crippen LogP contribution in [0.15, 0.2) is 42.5 Å². The number of ether oxygens (including phenoxy) is 1. The van der Waals surface area contributed by atoms with Crippen LogP contribution in [0.5, 0.6) is 5.75 Å². The van der Waals surface area contributed by atoms with Gasteiger partial charge in [-0.05, 0) is 62.8 Å². The van der Waals surface area contributed by atoms with Crippen LogP contribution in [0, 0.1) is 6.92 Å². The number of benzene rings is 2. The van der Waals surface area contributed by atoms with Gasteiger partial charge in [-0.1, -0.05) is 35.9 Å². The van der Waals surface area contributed by atoms with Gasteiger partial charge in [-0.2, -0.15) is 13.2 Å². The molecule has 6 heteroatoms. The van der Waals surface area contributed by atoms with Crippen LogP contribution in [0.4, 0.5) is 13.2 Å². The Hall–Kier alpha value is -2.05. The van der Waals surface area contributed by atoms with Crippen molar-refractivity contribution >= 4 is 0 Å². The summed E-state index contributed by atoms with van der Waals surface area (Å²) in [5.41, 5.74) is 7.08. The fourth-order valence-electron chi connectivity index (χ4n) is 2.92. The maximum atomic E-state index is 13.4. The van der Waals surface area contributed by atoms with E-state index in [2.05, 4.69) is 6.07 Å². The minimum Gasteiger partial charge on any atom is -0.493 e. The summed E-state index contributed by atoms with van der Waals surface area (Å²) in [5, 5.41) is 9.19. The molecule has 0 aliphatic carbocycles. The standard InChI is InChI=1S/C22H28F3NO2/c1-16-5-3-6-17(13-16)7-4-12-28-20-9-8-18(10-11-21(2,26)15-27)14-19(20)22(23,24)25/h3,5-6,8-9,13-14,27H,4,7,10-12,15,26H2,1-2H3. The Morgan fingerprint density at radius 2 is 1.75 bits per heavy atom. The summed E-state index contributed by atoms with van der Waals surface area (Å²) >= 11 is 0. The van der Waals surface area contributed by atoms with Gasteiger partial charge in [-0.3, -0.25) is 0 Å². The van der Waals surface area contributed by atoms with E-state index in [9.17, 15) is 18.3 Å². The largest absolute Gasteiger partial charge is 0.493 e. The fourth-order valence-corrected chi connectivity index (χ4v) is 2.92. The number of nitrogens with two attached hydrogens (primary N) is 1. The van der Waals surface area contributed by atoms with E-state index in [1.54, 1.807) is 13.0 Å². The second-order valence-electron chi connectivity index (χ2n) is 7.58. The van der Waals surface area contributed by atoms with E-state index in [1.807, 2.05) is 25.1 Å². The molecule has 0 aliphatic heterocycles. The van der Waals surface area contributed by atoms with Crippen LogP contribution in [0.3, 0.4) is 0 Å². The molecule has 1 atom stereocenters. The van der Waals surface area contributed by atoms with Crippen LogP contribution in [-0.4, -0.2) is 23.9 Å². The number of aliphatic hydroxyl groups is 1. The van der Waals surface area contributed by atoms with Crippen molar-refractivity contribution in [2.45, 2.75) is 51.2 Å². The van der Waals surface area contributed by atoms with Gasteiger partial charge >= 0.3 is 6.18 Å². The average molecular weight is 395 g/mol. The van der Waals surface area contributed by atoms with E-state index in [-0.39, 0.29) is 19.0 Å². The van der Waals surface area contributed by atoms with E-state index in [4.69, 9.17) is 10.5 Å². The highest BCUT2D eigenvalue weighted by Crippen LogP contribution is 2.37. The van der Waals surface area contributed by atoms with Crippen molar-refractivity contribution in [1.29, 1.82) is 0 Å². The molecule has 0 saturated heterocycles. The van der Waals surface area contributed by atoms with E-state index >= 15 is 0 Å². The monoisotopic (exact) mass is 395 g/mol. The Balaban J connectivity index is 2.00. The van der Waals surface area contributed by atoms with Gasteiger partial charge in [-0.25, -0.2) is 0 Å². The molecule has 0 bridgehead atoms. The zero-order valence-corrected chi connectivity index (χ0v) is 16.4. The van der Waals surface area contributed by atoms with Gasteiger partial charge in [0.2, 0.25) is 0 Å². The maximum absolute atomic E-state index is 13.4. The molecule has 28 heavy (non-hydrogen) atoms. The summed E-state index contributed by atoms with van der Waals surface area (Å²) in [6, 6.07) is 12.1. The van der Waals surface area contributed by atoms with Crippen LogP contribution in [0.25, 0.3) is 0 Å². The molecule has 154 valence electrons. The Morgan fingerprint density at radius 1 is 1.04 bits per heavy atom. The number of hydrogen-bond acceptors (Lipinski definition) is 3. The molecule has 3 N–H and O–H groups in total. The van der Waals surface area contributed by atoms with Gasteiger partial charge < -0.3 is 15.6 Å². The van der Waals surface area contributed by atoms with Crippen molar-refractivity contribution in [2.24, 2.45) is 5.73 Å². The second kappa shape index (κ2) is 9.43. The first-order valence-electron chi connectivity index (χ1n) is 9.39. The molecule has 3 nitrogen and oxygen atoms in total. The van der Waals surface area contributed by atoms with Crippen LogP contribution in [-0.2, 0) is 19.0 Å². The molecule has 0 radical (unpaired) electrons. The number of aliphatic hydroxyl groups excluding tert-OH is 1. The van der Waals surface area contributed by atoms with E-state index in [0.29, 0.717) is 24.8 Å². The summed E-state index contributed by atoms with van der Waals surface area (Å²) in [5.74, 6) is -0.154. The highest BCUT2D eigenvalue weighted by atomic mass is 19.4. The number of alkyl halides is 3. The highest BCUT2D eigenvalue weighted by Gasteiger charge is 2.34. The highest BCUT2D eigenvalue weighted by molar-refractivity contribution is 5.39. The normalized spacial score (nSPS) is 14.0. The maximum Gasteiger partial charge on any atom is 0.419 e. The molecule has 0 aliphatic rings. The zero-order chi connectivity index (χ0) is 20.8. The smallest absolute Gasteiger partial charge is 0.419 e. The Morgan fingerprint density at radius 3 is 2.39 bits per heavy atom. The van der Waals surface area contributed by atoms with Gasteiger partial charge in [-0.15, -0.1) is 0 Å². The molecule has 2 rings (SSSR count). The predicted octanol–water partition coefficient (Wildman–Crippen LogP) is 4.67. The molecule has 1 unspecified atom stereocenters. The number of rotatable bonds is 9. The minimum atomic E-state index is -4.50. The Labute approximate surface area is 164 Å². The third-order valence-electron chi connectivity index (χ3n) is 4.65. The van der Waals surface area contributed by atoms with Crippen molar-refractivity contribution < 1.29 is 23.0 Å². The lowest BCUT2D eigenvalue weighted by atomic mass is 9.94. The first-order chi connectivity index (χ1) is 13.1. The van der Waals surface area contributed by atoms with Crippen molar-refractivity contribution in [3.8, 4) is 5.75 Å². The molecule has 2 aromatic rings. The van der Waals surface area contributed by atoms with Crippen molar-refractivity contribution in [1.82, 2.24) is 0 Å². The topological polar surface area (TPSA) is 55.5 Å². The lowest BCUT2D eigenvalue weighted by molar-refractivity contribution is -0.139. The summed E-state index contributed by atoms with van der Waals surface area (Å²) in [4.78, 5) is 0. The second-order valence-corrected chi connectivity index (χ2v) is 7.58. The molecular formula is C22H28F3NO2. The van der Waals surface area contributed by atoms with Crippen molar-refractivity contribution in [3.63, 3.8) is 0 Å². The lowest BCUT2D eigenvalue weighted by Gasteiger charge is -2.22. The molecule has 2 aromatic carbocycles. The van der Waals surface area contributed by atoms with Gasteiger partial charge in [0.1, 0.15) is 5.75 Å². The molecular weight excluding hydrogens is 367 g/mol. The van der Waals surface area contributed by atoms with Crippen LogP contribution in [0.1, 0.15) is 42.0 Å². The summed E-state index contributed by atoms with van der Waals surface area (Å²) in [6.07, 6.45) is -2.38. The quantitative estimate of drug-likeness (QED) is 0.607. The van der Waals surface area contributed by atoms with E-state index in [1.165, 1.54) is 6.07 Å². The average Bonchev–Trinajstić information content (AvgIpc) is 2.63. The molecule has 0 spiro atoms. The first kappa shape index (κ1) is 22.2. The van der Waals surface area contributed by atoms with Gasteiger partial charge in [0.05, 0.1) is 18.8 Å². The van der Waals surface area contributed by atoms with E-state index in [0.717, 1.165) is 23.6 Å². The van der Waals surface area contributed by atoms with E-state index < -0.39 is 17.3 Å². The van der Waals surface area contributed by atoms with Gasteiger partial charge in [0, 0.05) is 5.54 Å². The third kappa shape index (κ3) is 6.84. The number of halogens is 3. The third-order valence-corrected chi connectivity index (χ3v) is 4.65. The zero-order valence-electron chi connectivity index (χ0n) is 16.4. The van der Waals surface area contributed by atoms with Crippen LogP contribution >= 0.6 is 0 Å². The number of hydrogen-bond donors (Lipinski definition) is 2.